The van der Waals surface area contributed by atoms with Crippen LogP contribution in [0.4, 0.5) is 0 Å². The molecule has 0 aromatic heterocycles. The van der Waals surface area contributed by atoms with Crippen LogP contribution >= 0.6 is 0 Å². The maximum absolute atomic E-state index is 11.4. The van der Waals surface area contributed by atoms with Crippen molar-refractivity contribution in [3.05, 3.63) is 34.4 Å². The minimum atomic E-state index is -0.728. The molecule has 1 aliphatic carbocycles. The van der Waals surface area contributed by atoms with Gasteiger partial charge in [-0.2, -0.15) is 0 Å². The number of rotatable bonds is 5. The lowest BCUT2D eigenvalue weighted by Gasteiger charge is -2.29. The number of carbonyl (C=O) groups is 1. The molecule has 1 N–H and O–H groups in total. The molecule has 1 aromatic carbocycles. The first-order valence-corrected chi connectivity index (χ1v) is 8.20. The molecule has 122 valence electrons. The molecule has 0 spiro atoms. The molecule has 3 nitrogen and oxygen atoms in total. The highest BCUT2D eigenvalue weighted by molar-refractivity contribution is 5.73. The van der Waals surface area contributed by atoms with Crippen LogP contribution < -0.4 is 0 Å². The summed E-state index contributed by atoms with van der Waals surface area (Å²) in [6.45, 7) is 13.5. The van der Waals surface area contributed by atoms with Crippen molar-refractivity contribution in [2.45, 2.75) is 78.4 Å². The van der Waals surface area contributed by atoms with E-state index in [1.807, 2.05) is 0 Å². The van der Waals surface area contributed by atoms with Crippen LogP contribution in [0.5, 0.6) is 0 Å². The molecule has 0 heterocycles. The van der Waals surface area contributed by atoms with E-state index in [1.165, 1.54) is 22.3 Å². The number of benzene rings is 1. The molecule has 0 radical (unpaired) electrons. The van der Waals surface area contributed by atoms with Crippen LogP contribution in [0, 0.1) is 13.8 Å². The monoisotopic (exact) mass is 303 g/mol. The minimum absolute atomic E-state index is 0.137. The Kier molecular flexibility index (Phi) is 4.67. The molecule has 1 saturated carbocycles. The molecule has 0 saturated heterocycles. The summed E-state index contributed by atoms with van der Waals surface area (Å²) in [5.74, 6) is -0.728. The second-order valence-electron chi connectivity index (χ2n) is 7.76. The van der Waals surface area contributed by atoms with Gasteiger partial charge >= 0.3 is 5.97 Å². The molecule has 22 heavy (non-hydrogen) atoms. The van der Waals surface area contributed by atoms with Gasteiger partial charge in [0.15, 0.2) is 0 Å². The van der Waals surface area contributed by atoms with Gasteiger partial charge in [-0.25, -0.2) is 0 Å². The van der Waals surface area contributed by atoms with Crippen molar-refractivity contribution in [1.29, 1.82) is 0 Å². The highest BCUT2D eigenvalue weighted by atomic mass is 16.4. The van der Waals surface area contributed by atoms with E-state index >= 15 is 0 Å². The van der Waals surface area contributed by atoms with E-state index in [-0.39, 0.29) is 5.41 Å². The average molecular weight is 303 g/mol. The fourth-order valence-corrected chi connectivity index (χ4v) is 2.99. The molecule has 1 aliphatic rings. The van der Waals surface area contributed by atoms with Crippen LogP contribution in [0.15, 0.2) is 12.1 Å². The first-order valence-electron chi connectivity index (χ1n) is 8.20. The van der Waals surface area contributed by atoms with Crippen molar-refractivity contribution in [3.8, 4) is 0 Å². The summed E-state index contributed by atoms with van der Waals surface area (Å²) in [5.41, 5.74) is 5.31. The zero-order chi connectivity index (χ0) is 16.7. The highest BCUT2D eigenvalue weighted by Gasteiger charge is 2.35. The van der Waals surface area contributed by atoms with Gasteiger partial charge in [0.1, 0.15) is 6.04 Å². The van der Waals surface area contributed by atoms with Crippen LogP contribution in [0.2, 0.25) is 0 Å². The number of aliphatic carboxylic acids is 1. The van der Waals surface area contributed by atoms with Gasteiger partial charge in [-0.05, 0) is 61.3 Å². The van der Waals surface area contributed by atoms with E-state index in [0.29, 0.717) is 6.04 Å². The fraction of sp³-hybridized carbons (Fsp3) is 0.632. The maximum atomic E-state index is 11.4. The van der Waals surface area contributed by atoms with E-state index in [1.54, 1.807) is 6.92 Å². The highest BCUT2D eigenvalue weighted by Crippen LogP contribution is 2.33. The van der Waals surface area contributed by atoms with Gasteiger partial charge in [-0.1, -0.05) is 32.9 Å². The molecular formula is C19H29NO2. The second-order valence-corrected chi connectivity index (χ2v) is 7.76. The van der Waals surface area contributed by atoms with Crippen molar-refractivity contribution in [3.63, 3.8) is 0 Å². The predicted molar refractivity (Wildman–Crippen MR) is 90.3 cm³/mol. The Morgan fingerprint density at radius 3 is 2.14 bits per heavy atom. The van der Waals surface area contributed by atoms with E-state index in [4.69, 9.17) is 0 Å². The molecule has 2 rings (SSSR count). The third kappa shape index (κ3) is 3.70. The van der Waals surface area contributed by atoms with Gasteiger partial charge in [0.05, 0.1) is 0 Å². The van der Waals surface area contributed by atoms with Gasteiger partial charge in [-0.3, -0.25) is 9.69 Å². The molecule has 1 atom stereocenters. The zero-order valence-corrected chi connectivity index (χ0v) is 14.7. The van der Waals surface area contributed by atoms with E-state index in [2.05, 4.69) is 51.7 Å². The normalized spacial score (nSPS) is 16.9. The SMILES string of the molecule is Cc1cc(C(C)(C)C)cc(C)c1CN(C1CC1)C(C)C(=O)O. The van der Waals surface area contributed by atoms with Gasteiger partial charge in [0.2, 0.25) is 0 Å². The summed E-state index contributed by atoms with van der Waals surface area (Å²) in [5, 5.41) is 9.35. The quantitative estimate of drug-likeness (QED) is 0.892. The van der Waals surface area contributed by atoms with Crippen molar-refractivity contribution < 1.29 is 9.90 Å². The van der Waals surface area contributed by atoms with Crippen molar-refractivity contribution in [1.82, 2.24) is 4.90 Å². The Labute approximate surface area is 134 Å². The molecule has 0 amide bonds. The molecule has 0 bridgehead atoms. The summed E-state index contributed by atoms with van der Waals surface area (Å²) in [4.78, 5) is 13.5. The Morgan fingerprint density at radius 2 is 1.77 bits per heavy atom. The van der Waals surface area contributed by atoms with E-state index in [0.717, 1.165) is 19.4 Å². The average Bonchev–Trinajstić information content (AvgIpc) is 3.20. The Bertz CT molecular complexity index is 544. The van der Waals surface area contributed by atoms with Crippen LogP contribution in [0.3, 0.4) is 0 Å². The number of carboxylic acid groups (broad SMARTS) is 1. The lowest BCUT2D eigenvalue weighted by atomic mass is 9.83. The lowest BCUT2D eigenvalue weighted by molar-refractivity contribution is -0.143. The smallest absolute Gasteiger partial charge is 0.320 e. The first-order chi connectivity index (χ1) is 10.1. The standard InChI is InChI=1S/C19H29NO2/c1-12-9-15(19(4,5)6)10-13(2)17(12)11-20(16-7-8-16)14(3)18(21)22/h9-10,14,16H,7-8,11H2,1-6H3,(H,21,22). The largest absolute Gasteiger partial charge is 0.480 e. The summed E-state index contributed by atoms with van der Waals surface area (Å²) < 4.78 is 0. The van der Waals surface area contributed by atoms with Gasteiger partial charge in [0, 0.05) is 12.6 Å². The summed E-state index contributed by atoms with van der Waals surface area (Å²) in [7, 11) is 0. The molecule has 3 heteroatoms. The van der Waals surface area contributed by atoms with Crippen LogP contribution in [0.25, 0.3) is 0 Å². The molecule has 1 unspecified atom stereocenters. The molecule has 0 aliphatic heterocycles. The Hall–Kier alpha value is -1.35. The van der Waals surface area contributed by atoms with Gasteiger partial charge in [0.25, 0.3) is 0 Å². The van der Waals surface area contributed by atoms with Crippen molar-refractivity contribution >= 4 is 5.97 Å². The van der Waals surface area contributed by atoms with Crippen molar-refractivity contribution in [2.24, 2.45) is 0 Å². The Morgan fingerprint density at radius 1 is 1.27 bits per heavy atom. The summed E-state index contributed by atoms with van der Waals surface area (Å²) >= 11 is 0. The number of aryl methyl sites for hydroxylation is 2. The summed E-state index contributed by atoms with van der Waals surface area (Å²) in [6.07, 6.45) is 2.24. The number of hydrogen-bond acceptors (Lipinski definition) is 2. The fourth-order valence-electron chi connectivity index (χ4n) is 2.99. The van der Waals surface area contributed by atoms with Crippen LogP contribution in [-0.2, 0) is 16.8 Å². The number of nitrogens with zero attached hydrogens (tertiary/aromatic N) is 1. The van der Waals surface area contributed by atoms with Gasteiger partial charge in [-0.15, -0.1) is 0 Å². The second kappa shape index (κ2) is 6.04. The third-order valence-electron chi connectivity index (χ3n) is 4.77. The minimum Gasteiger partial charge on any atom is -0.480 e. The third-order valence-corrected chi connectivity index (χ3v) is 4.77. The van der Waals surface area contributed by atoms with Crippen LogP contribution in [0.1, 0.15) is 62.8 Å². The predicted octanol–water partition coefficient (Wildman–Crippen LogP) is 4.04. The van der Waals surface area contributed by atoms with E-state index < -0.39 is 12.0 Å². The lowest BCUT2D eigenvalue weighted by Crippen LogP contribution is -2.40. The van der Waals surface area contributed by atoms with Gasteiger partial charge < -0.3 is 5.11 Å². The number of hydrogen-bond donors (Lipinski definition) is 1. The maximum Gasteiger partial charge on any atom is 0.320 e. The van der Waals surface area contributed by atoms with E-state index in [9.17, 15) is 9.90 Å². The summed E-state index contributed by atoms with van der Waals surface area (Å²) in [6, 6.07) is 4.54. The molecule has 1 aromatic rings. The Balaban J connectivity index is 2.30. The zero-order valence-electron chi connectivity index (χ0n) is 14.7. The topological polar surface area (TPSA) is 40.5 Å². The van der Waals surface area contributed by atoms with Crippen LogP contribution in [-0.4, -0.2) is 28.1 Å². The molecule has 1 fully saturated rings. The first kappa shape index (κ1) is 17.0. The number of carboxylic acids is 1. The van der Waals surface area contributed by atoms with Crippen molar-refractivity contribution in [2.75, 3.05) is 0 Å². The molecular weight excluding hydrogens is 274 g/mol.